The van der Waals surface area contributed by atoms with Crippen LogP contribution in [0, 0.1) is 22.7 Å². The minimum absolute atomic E-state index is 0.0162. The monoisotopic (exact) mass is 357 g/mol. The molecule has 1 aromatic rings. The Bertz CT molecular complexity index is 700. The van der Waals surface area contributed by atoms with E-state index in [1.165, 1.54) is 6.42 Å². The van der Waals surface area contributed by atoms with Gasteiger partial charge in [-0.05, 0) is 66.0 Å². The fraction of sp³-hybridized carbons (Fsp3) is 0.682. The Morgan fingerprint density at radius 2 is 2.19 bits per heavy atom. The molecule has 0 radical (unpaired) electrons. The highest BCUT2D eigenvalue weighted by Crippen LogP contribution is 2.70. The molecule has 2 N–H and O–H groups in total. The normalized spacial score (nSPS) is 37.3. The van der Waals surface area contributed by atoms with Crippen molar-refractivity contribution in [2.24, 2.45) is 22.7 Å². The smallest absolute Gasteiger partial charge is 0.220 e. The minimum atomic E-state index is 0.0162. The Kier molecular flexibility index (Phi) is 4.30. The Hall–Kier alpha value is -1.55. The molecular formula is C22H31NO3. The molecule has 2 aliphatic carbocycles. The molecule has 3 fully saturated rings. The Morgan fingerprint density at radius 1 is 1.38 bits per heavy atom. The number of aromatic hydroxyl groups is 1. The number of phenols is 1. The highest BCUT2D eigenvalue weighted by Gasteiger charge is 2.68. The van der Waals surface area contributed by atoms with E-state index in [1.54, 1.807) is 6.07 Å². The lowest BCUT2D eigenvalue weighted by atomic mass is 9.59. The molecule has 2 bridgehead atoms. The zero-order valence-corrected chi connectivity index (χ0v) is 16.1. The van der Waals surface area contributed by atoms with Crippen molar-refractivity contribution in [1.29, 1.82) is 0 Å². The van der Waals surface area contributed by atoms with Gasteiger partial charge in [0.15, 0.2) is 0 Å². The number of carbonyl (C=O) groups excluding carboxylic acids is 1. The molecule has 2 saturated carbocycles. The van der Waals surface area contributed by atoms with Gasteiger partial charge >= 0.3 is 0 Å². The number of benzene rings is 1. The van der Waals surface area contributed by atoms with Gasteiger partial charge in [0.25, 0.3) is 0 Å². The molecule has 1 spiro atoms. The largest absolute Gasteiger partial charge is 0.508 e. The molecule has 3 aliphatic rings. The van der Waals surface area contributed by atoms with Crippen LogP contribution in [0.4, 0.5) is 0 Å². The fourth-order valence-electron chi connectivity index (χ4n) is 6.28. The third-order valence-corrected chi connectivity index (χ3v) is 7.49. The first-order valence-electron chi connectivity index (χ1n) is 10.1. The van der Waals surface area contributed by atoms with Crippen LogP contribution in [0.25, 0.3) is 0 Å². The van der Waals surface area contributed by atoms with Crippen LogP contribution < -0.4 is 5.32 Å². The van der Waals surface area contributed by atoms with Gasteiger partial charge in [0.1, 0.15) is 5.75 Å². The number of fused-ring (bicyclic) bond motifs is 1. The van der Waals surface area contributed by atoms with E-state index in [4.69, 9.17) is 4.74 Å². The first-order chi connectivity index (χ1) is 12.4. The number of hydrogen-bond acceptors (Lipinski definition) is 3. The van der Waals surface area contributed by atoms with Crippen molar-refractivity contribution in [2.75, 3.05) is 6.61 Å². The summed E-state index contributed by atoms with van der Waals surface area (Å²) in [6.07, 6.45) is 4.85. The predicted octanol–water partition coefficient (Wildman–Crippen LogP) is 4.19. The molecule has 1 aromatic carbocycles. The summed E-state index contributed by atoms with van der Waals surface area (Å²) in [5.41, 5.74) is 1.31. The summed E-state index contributed by atoms with van der Waals surface area (Å²) in [5.74, 6) is 1.50. The molecule has 4 nitrogen and oxygen atoms in total. The number of nitrogens with one attached hydrogen (secondary N) is 1. The lowest BCUT2D eigenvalue weighted by Gasteiger charge is -2.53. The lowest BCUT2D eigenvalue weighted by molar-refractivity contribution is -0.137. The number of hydrogen-bond donors (Lipinski definition) is 2. The van der Waals surface area contributed by atoms with Crippen molar-refractivity contribution < 1.29 is 14.6 Å². The summed E-state index contributed by atoms with van der Waals surface area (Å²) in [6.45, 7) is 7.44. The van der Waals surface area contributed by atoms with Gasteiger partial charge in [0.2, 0.25) is 5.91 Å². The standard InChI is InChI=1S/C22H31NO3/c1-4-6-18(25)23-20-21(2,3)15-12-17-19(14-7-5-8-16(24)11-14)26-10-9-22(17,20)13-15/h5,7-8,11,15,17,19-20,24H,4,6,9-10,12-13H2,1-3H3,(H,23,25)/t15-,17-,19-,20-,22?/m1/s1. The topological polar surface area (TPSA) is 58.6 Å². The summed E-state index contributed by atoms with van der Waals surface area (Å²) >= 11 is 0. The third-order valence-electron chi connectivity index (χ3n) is 7.49. The molecule has 0 aromatic heterocycles. The molecule has 1 saturated heterocycles. The molecule has 142 valence electrons. The van der Waals surface area contributed by atoms with Gasteiger partial charge < -0.3 is 15.2 Å². The lowest BCUT2D eigenvalue weighted by Crippen LogP contribution is -2.58. The van der Waals surface area contributed by atoms with Gasteiger partial charge in [-0.3, -0.25) is 4.79 Å². The molecule has 4 heteroatoms. The molecule has 4 rings (SSSR count). The number of amides is 1. The van der Waals surface area contributed by atoms with Crippen LogP contribution >= 0.6 is 0 Å². The average molecular weight is 357 g/mol. The highest BCUT2D eigenvalue weighted by molar-refractivity contribution is 5.76. The zero-order chi connectivity index (χ0) is 18.5. The SMILES string of the molecule is CCCC(=O)N[C@@H]1C(C)(C)[C@@H]2C[C@@H]3[C@@H](c4cccc(O)c4)OCCC31C2. The van der Waals surface area contributed by atoms with E-state index in [1.807, 2.05) is 12.1 Å². The second-order valence-corrected chi connectivity index (χ2v) is 9.18. The summed E-state index contributed by atoms with van der Waals surface area (Å²) in [6, 6.07) is 7.71. The van der Waals surface area contributed by atoms with Gasteiger partial charge in [-0.2, -0.15) is 0 Å². The molecule has 1 amide bonds. The fourth-order valence-corrected chi connectivity index (χ4v) is 6.28. The van der Waals surface area contributed by atoms with Crippen molar-refractivity contribution in [3.63, 3.8) is 0 Å². The molecular weight excluding hydrogens is 326 g/mol. The van der Waals surface area contributed by atoms with Crippen LogP contribution in [0.2, 0.25) is 0 Å². The highest BCUT2D eigenvalue weighted by atomic mass is 16.5. The second kappa shape index (κ2) is 6.26. The summed E-state index contributed by atoms with van der Waals surface area (Å²) in [4.78, 5) is 12.5. The van der Waals surface area contributed by atoms with Crippen LogP contribution in [-0.2, 0) is 9.53 Å². The maximum atomic E-state index is 12.5. The number of rotatable bonds is 4. The molecule has 1 aliphatic heterocycles. The first kappa shape index (κ1) is 17.8. The quantitative estimate of drug-likeness (QED) is 0.849. The molecule has 1 unspecified atom stereocenters. The Morgan fingerprint density at radius 3 is 2.92 bits per heavy atom. The Balaban J connectivity index is 1.67. The summed E-state index contributed by atoms with van der Waals surface area (Å²) in [5, 5.41) is 13.3. The maximum Gasteiger partial charge on any atom is 0.220 e. The average Bonchev–Trinajstić information content (AvgIpc) is 3.08. The van der Waals surface area contributed by atoms with Crippen LogP contribution in [0.5, 0.6) is 5.75 Å². The Labute approximate surface area is 156 Å². The van der Waals surface area contributed by atoms with Crippen LogP contribution in [0.15, 0.2) is 24.3 Å². The number of ether oxygens (including phenoxy) is 1. The third kappa shape index (κ3) is 2.57. The van der Waals surface area contributed by atoms with E-state index in [0.717, 1.165) is 31.4 Å². The van der Waals surface area contributed by atoms with Crippen molar-refractivity contribution in [2.45, 2.75) is 65.0 Å². The number of phenolic OH excluding ortho intramolecular Hbond substituents is 1. The van der Waals surface area contributed by atoms with Crippen LogP contribution in [-0.4, -0.2) is 23.7 Å². The summed E-state index contributed by atoms with van der Waals surface area (Å²) < 4.78 is 6.23. The van der Waals surface area contributed by atoms with Gasteiger partial charge in [-0.15, -0.1) is 0 Å². The molecule has 1 heterocycles. The molecule has 5 atom stereocenters. The maximum absolute atomic E-state index is 12.5. The predicted molar refractivity (Wildman–Crippen MR) is 101 cm³/mol. The van der Waals surface area contributed by atoms with Gasteiger partial charge in [-0.1, -0.05) is 32.9 Å². The van der Waals surface area contributed by atoms with E-state index < -0.39 is 0 Å². The molecule has 26 heavy (non-hydrogen) atoms. The van der Waals surface area contributed by atoms with Crippen molar-refractivity contribution in [1.82, 2.24) is 5.32 Å². The van der Waals surface area contributed by atoms with Crippen LogP contribution in [0.3, 0.4) is 0 Å². The van der Waals surface area contributed by atoms with E-state index in [-0.39, 0.29) is 28.9 Å². The van der Waals surface area contributed by atoms with E-state index in [0.29, 0.717) is 24.0 Å². The van der Waals surface area contributed by atoms with Gasteiger partial charge in [0, 0.05) is 19.1 Å². The summed E-state index contributed by atoms with van der Waals surface area (Å²) in [7, 11) is 0. The van der Waals surface area contributed by atoms with E-state index >= 15 is 0 Å². The van der Waals surface area contributed by atoms with E-state index in [2.05, 4.69) is 32.2 Å². The van der Waals surface area contributed by atoms with Gasteiger partial charge in [0.05, 0.1) is 6.10 Å². The minimum Gasteiger partial charge on any atom is -0.508 e. The second-order valence-electron chi connectivity index (χ2n) is 9.18. The van der Waals surface area contributed by atoms with E-state index in [9.17, 15) is 9.90 Å². The van der Waals surface area contributed by atoms with Crippen molar-refractivity contribution >= 4 is 5.91 Å². The number of carbonyl (C=O) groups is 1. The first-order valence-corrected chi connectivity index (χ1v) is 10.1. The van der Waals surface area contributed by atoms with Crippen molar-refractivity contribution in [3.8, 4) is 5.75 Å². The van der Waals surface area contributed by atoms with Gasteiger partial charge in [-0.25, -0.2) is 0 Å². The van der Waals surface area contributed by atoms with Crippen molar-refractivity contribution in [3.05, 3.63) is 29.8 Å². The zero-order valence-electron chi connectivity index (χ0n) is 16.1. The van der Waals surface area contributed by atoms with Crippen LogP contribution in [0.1, 0.15) is 64.5 Å².